The van der Waals surface area contributed by atoms with E-state index >= 15 is 0 Å². The van der Waals surface area contributed by atoms with Crippen molar-refractivity contribution in [3.05, 3.63) is 23.8 Å². The molecular formula is C11H18N2O2S. The number of hydrogen-bond donors (Lipinski definition) is 1. The number of nitrogens with two attached hydrogens (primary N) is 1. The summed E-state index contributed by atoms with van der Waals surface area (Å²) in [5.74, 6) is 0.136. The minimum Gasteiger partial charge on any atom is -0.397 e. The highest BCUT2D eigenvalue weighted by Crippen LogP contribution is 2.22. The van der Waals surface area contributed by atoms with E-state index in [0.717, 1.165) is 11.3 Å². The molecule has 0 heterocycles. The molecule has 0 aliphatic rings. The van der Waals surface area contributed by atoms with Gasteiger partial charge in [0, 0.05) is 19.8 Å². The van der Waals surface area contributed by atoms with Crippen molar-refractivity contribution in [1.82, 2.24) is 0 Å². The number of rotatable bonds is 4. The van der Waals surface area contributed by atoms with Crippen LogP contribution in [0.15, 0.2) is 18.2 Å². The monoisotopic (exact) mass is 242 g/mol. The van der Waals surface area contributed by atoms with E-state index in [1.807, 2.05) is 37.1 Å². The fraction of sp³-hybridized carbons (Fsp3) is 0.455. The third kappa shape index (κ3) is 3.73. The lowest BCUT2D eigenvalue weighted by atomic mass is 10.2. The van der Waals surface area contributed by atoms with Gasteiger partial charge in [-0.15, -0.1) is 0 Å². The zero-order valence-corrected chi connectivity index (χ0v) is 10.7. The van der Waals surface area contributed by atoms with Crippen molar-refractivity contribution in [1.29, 1.82) is 0 Å². The van der Waals surface area contributed by atoms with Crippen LogP contribution in [-0.4, -0.2) is 34.0 Å². The van der Waals surface area contributed by atoms with Crippen LogP contribution in [0.4, 0.5) is 11.4 Å². The van der Waals surface area contributed by atoms with Crippen molar-refractivity contribution in [2.75, 3.05) is 36.2 Å². The van der Waals surface area contributed by atoms with Gasteiger partial charge in [-0.05, 0) is 24.6 Å². The Morgan fingerprint density at radius 1 is 1.38 bits per heavy atom. The molecule has 0 fully saturated rings. The molecule has 5 heteroatoms. The van der Waals surface area contributed by atoms with Crippen LogP contribution in [0, 0.1) is 6.92 Å². The van der Waals surface area contributed by atoms with Gasteiger partial charge in [0.25, 0.3) is 0 Å². The topological polar surface area (TPSA) is 63.4 Å². The van der Waals surface area contributed by atoms with Crippen molar-refractivity contribution in [3.8, 4) is 0 Å². The summed E-state index contributed by atoms with van der Waals surface area (Å²) in [6.45, 7) is 2.42. The molecule has 16 heavy (non-hydrogen) atoms. The molecule has 0 radical (unpaired) electrons. The number of aryl methyl sites for hydroxylation is 1. The van der Waals surface area contributed by atoms with Gasteiger partial charge in [0.2, 0.25) is 0 Å². The van der Waals surface area contributed by atoms with Crippen LogP contribution in [0.2, 0.25) is 0 Å². The summed E-state index contributed by atoms with van der Waals surface area (Å²) in [4.78, 5) is 1.86. The van der Waals surface area contributed by atoms with Crippen LogP contribution in [0.1, 0.15) is 5.56 Å². The summed E-state index contributed by atoms with van der Waals surface area (Å²) >= 11 is 0. The molecular weight excluding hydrogens is 224 g/mol. The standard InChI is InChI=1S/C11H18N2O2S/c1-9-4-5-11(10(12)8-9)13(2)6-7-16(3,14)15/h4-5,8H,6-7,12H2,1-3H3. The summed E-state index contributed by atoms with van der Waals surface area (Å²) in [6, 6.07) is 5.75. The Kier molecular flexibility index (Phi) is 3.80. The van der Waals surface area contributed by atoms with Crippen molar-refractivity contribution < 1.29 is 8.42 Å². The zero-order valence-electron chi connectivity index (χ0n) is 9.90. The first-order valence-corrected chi connectivity index (χ1v) is 7.10. The number of anilines is 2. The number of sulfone groups is 1. The van der Waals surface area contributed by atoms with Crippen molar-refractivity contribution >= 4 is 21.2 Å². The molecule has 0 aromatic heterocycles. The van der Waals surface area contributed by atoms with Crippen LogP contribution < -0.4 is 10.6 Å². The maximum absolute atomic E-state index is 11.0. The summed E-state index contributed by atoms with van der Waals surface area (Å²) in [6.07, 6.45) is 1.24. The normalized spacial score (nSPS) is 11.4. The highest BCUT2D eigenvalue weighted by atomic mass is 32.2. The molecule has 0 unspecified atom stereocenters. The lowest BCUT2D eigenvalue weighted by Crippen LogP contribution is -2.25. The van der Waals surface area contributed by atoms with Gasteiger partial charge in [-0.3, -0.25) is 0 Å². The van der Waals surface area contributed by atoms with Gasteiger partial charge in [-0.25, -0.2) is 8.42 Å². The molecule has 1 rings (SSSR count). The summed E-state index contributed by atoms with van der Waals surface area (Å²) in [5, 5.41) is 0. The number of hydrogen-bond acceptors (Lipinski definition) is 4. The Bertz CT molecular complexity index is 469. The van der Waals surface area contributed by atoms with Crippen molar-refractivity contribution in [3.63, 3.8) is 0 Å². The number of benzene rings is 1. The Balaban J connectivity index is 2.77. The van der Waals surface area contributed by atoms with E-state index in [1.165, 1.54) is 6.26 Å². The summed E-state index contributed by atoms with van der Waals surface area (Å²) in [5.41, 5.74) is 8.51. The molecule has 0 saturated carbocycles. The first-order chi connectivity index (χ1) is 7.29. The van der Waals surface area contributed by atoms with Crippen LogP contribution in [0.25, 0.3) is 0 Å². The van der Waals surface area contributed by atoms with E-state index in [-0.39, 0.29) is 5.75 Å². The van der Waals surface area contributed by atoms with Crippen molar-refractivity contribution in [2.45, 2.75) is 6.92 Å². The van der Waals surface area contributed by atoms with Gasteiger partial charge >= 0.3 is 0 Å². The average Bonchev–Trinajstić information content (AvgIpc) is 2.13. The van der Waals surface area contributed by atoms with E-state index in [9.17, 15) is 8.42 Å². The average molecular weight is 242 g/mol. The van der Waals surface area contributed by atoms with Crippen LogP contribution in [0.5, 0.6) is 0 Å². The SMILES string of the molecule is Cc1ccc(N(C)CCS(C)(=O)=O)c(N)c1. The van der Waals surface area contributed by atoms with E-state index in [4.69, 9.17) is 5.73 Å². The molecule has 4 nitrogen and oxygen atoms in total. The quantitative estimate of drug-likeness (QED) is 0.802. The number of nitrogens with zero attached hydrogens (tertiary/aromatic N) is 1. The molecule has 0 saturated heterocycles. The van der Waals surface area contributed by atoms with Crippen LogP contribution in [-0.2, 0) is 9.84 Å². The second-order valence-corrected chi connectivity index (χ2v) is 6.37. The predicted molar refractivity (Wildman–Crippen MR) is 68.6 cm³/mol. The van der Waals surface area contributed by atoms with Crippen LogP contribution >= 0.6 is 0 Å². The number of nitrogen functional groups attached to an aromatic ring is 1. The molecule has 2 N–H and O–H groups in total. The van der Waals surface area contributed by atoms with Gasteiger partial charge in [-0.1, -0.05) is 6.07 Å². The maximum atomic E-state index is 11.0. The molecule has 90 valence electrons. The first-order valence-electron chi connectivity index (χ1n) is 5.04. The van der Waals surface area contributed by atoms with Gasteiger partial charge in [0.05, 0.1) is 17.1 Å². The fourth-order valence-corrected chi connectivity index (χ4v) is 2.05. The van der Waals surface area contributed by atoms with E-state index in [0.29, 0.717) is 12.2 Å². The van der Waals surface area contributed by atoms with E-state index in [2.05, 4.69) is 0 Å². The second-order valence-electron chi connectivity index (χ2n) is 4.11. The van der Waals surface area contributed by atoms with E-state index in [1.54, 1.807) is 0 Å². The smallest absolute Gasteiger partial charge is 0.149 e. The molecule has 0 aliphatic carbocycles. The molecule has 0 atom stereocenters. The fourth-order valence-electron chi connectivity index (χ4n) is 1.44. The third-order valence-electron chi connectivity index (χ3n) is 2.39. The van der Waals surface area contributed by atoms with Gasteiger partial charge < -0.3 is 10.6 Å². The molecule has 1 aromatic rings. The largest absolute Gasteiger partial charge is 0.397 e. The maximum Gasteiger partial charge on any atom is 0.149 e. The highest BCUT2D eigenvalue weighted by Gasteiger charge is 2.08. The molecule has 1 aromatic carbocycles. The molecule has 0 bridgehead atoms. The van der Waals surface area contributed by atoms with Gasteiger partial charge in [-0.2, -0.15) is 0 Å². The Hall–Kier alpha value is -1.23. The minimum atomic E-state index is -2.93. The molecule has 0 aliphatic heterocycles. The van der Waals surface area contributed by atoms with E-state index < -0.39 is 9.84 Å². The predicted octanol–water partition coefficient (Wildman–Crippen LogP) is 1.06. The summed E-state index contributed by atoms with van der Waals surface area (Å²) < 4.78 is 22.1. The highest BCUT2D eigenvalue weighted by molar-refractivity contribution is 7.90. The lowest BCUT2D eigenvalue weighted by molar-refractivity contribution is 0.601. The Morgan fingerprint density at radius 2 is 2.00 bits per heavy atom. The van der Waals surface area contributed by atoms with Crippen molar-refractivity contribution in [2.24, 2.45) is 0 Å². The zero-order chi connectivity index (χ0) is 12.3. The molecule has 0 amide bonds. The molecule has 0 spiro atoms. The first kappa shape index (κ1) is 12.8. The summed E-state index contributed by atoms with van der Waals surface area (Å²) in [7, 11) is -1.09. The lowest BCUT2D eigenvalue weighted by Gasteiger charge is -2.20. The second kappa shape index (κ2) is 4.74. The minimum absolute atomic E-state index is 0.136. The third-order valence-corrected chi connectivity index (χ3v) is 3.32. The van der Waals surface area contributed by atoms with Crippen LogP contribution in [0.3, 0.4) is 0 Å². The Labute approximate surface area is 97.0 Å². The van der Waals surface area contributed by atoms with Gasteiger partial charge in [0.1, 0.15) is 9.84 Å². The van der Waals surface area contributed by atoms with Gasteiger partial charge in [0.15, 0.2) is 0 Å². The Morgan fingerprint density at radius 3 is 2.50 bits per heavy atom.